The number of fused-ring (bicyclic) bond motifs is 1. The van der Waals surface area contributed by atoms with Crippen LogP contribution >= 0.6 is 23.2 Å². The lowest BCUT2D eigenvalue weighted by molar-refractivity contribution is 0.379. The molecule has 1 heterocycles. The standard InChI is InChI=1S/C13H19Cl2N3/c1-18(2)8-7-16-11-5-6-17-13-9(11)3-4-10(14)12(13)15/h3-4,11,16-17H,5-8H2,1-2H3. The maximum atomic E-state index is 6.23. The van der Waals surface area contributed by atoms with Crippen LogP contribution < -0.4 is 10.6 Å². The van der Waals surface area contributed by atoms with Crippen LogP contribution in [0.5, 0.6) is 0 Å². The zero-order valence-electron chi connectivity index (χ0n) is 10.8. The Balaban J connectivity index is 2.11. The minimum Gasteiger partial charge on any atom is -0.383 e. The number of benzene rings is 1. The summed E-state index contributed by atoms with van der Waals surface area (Å²) in [7, 11) is 4.16. The molecule has 0 radical (unpaired) electrons. The lowest BCUT2D eigenvalue weighted by atomic mass is 9.98. The molecule has 18 heavy (non-hydrogen) atoms. The van der Waals surface area contributed by atoms with Gasteiger partial charge in [-0.1, -0.05) is 29.3 Å². The second kappa shape index (κ2) is 6.11. The van der Waals surface area contributed by atoms with Crippen molar-refractivity contribution in [3.05, 3.63) is 27.7 Å². The van der Waals surface area contributed by atoms with E-state index in [1.165, 1.54) is 5.56 Å². The van der Waals surface area contributed by atoms with Crippen LogP contribution in [0.15, 0.2) is 12.1 Å². The molecule has 0 aromatic heterocycles. The van der Waals surface area contributed by atoms with E-state index in [1.807, 2.05) is 6.07 Å². The zero-order valence-corrected chi connectivity index (χ0v) is 12.3. The predicted octanol–water partition coefficient (Wildman–Crippen LogP) is 3.00. The fourth-order valence-corrected chi connectivity index (χ4v) is 2.60. The summed E-state index contributed by atoms with van der Waals surface area (Å²) in [5, 5.41) is 8.15. The fourth-order valence-electron chi connectivity index (χ4n) is 2.21. The van der Waals surface area contributed by atoms with Gasteiger partial charge in [0.25, 0.3) is 0 Å². The Morgan fingerprint density at radius 1 is 1.39 bits per heavy atom. The Bertz CT molecular complexity index is 421. The molecule has 1 aliphatic heterocycles. The number of hydrogen-bond acceptors (Lipinski definition) is 3. The van der Waals surface area contributed by atoms with E-state index in [1.54, 1.807) is 0 Å². The van der Waals surface area contributed by atoms with Gasteiger partial charge in [0.2, 0.25) is 0 Å². The molecule has 1 unspecified atom stereocenters. The van der Waals surface area contributed by atoms with Crippen molar-refractivity contribution < 1.29 is 0 Å². The summed E-state index contributed by atoms with van der Waals surface area (Å²) in [5.74, 6) is 0. The van der Waals surface area contributed by atoms with Gasteiger partial charge < -0.3 is 15.5 Å². The third-order valence-corrected chi connectivity index (χ3v) is 3.99. The summed E-state index contributed by atoms with van der Waals surface area (Å²) in [4.78, 5) is 2.17. The van der Waals surface area contributed by atoms with Crippen LogP contribution in [0.3, 0.4) is 0 Å². The predicted molar refractivity (Wildman–Crippen MR) is 78.9 cm³/mol. The third kappa shape index (κ3) is 3.09. The van der Waals surface area contributed by atoms with Crippen LogP contribution in [-0.4, -0.2) is 38.6 Å². The Labute approximate surface area is 118 Å². The average Bonchev–Trinajstić information content (AvgIpc) is 2.34. The van der Waals surface area contributed by atoms with Crippen molar-refractivity contribution in [2.75, 3.05) is 39.0 Å². The Morgan fingerprint density at radius 2 is 2.17 bits per heavy atom. The SMILES string of the molecule is CN(C)CCNC1CCNc2c1ccc(Cl)c2Cl. The Morgan fingerprint density at radius 3 is 2.89 bits per heavy atom. The molecule has 1 aliphatic rings. The number of anilines is 1. The summed E-state index contributed by atoms with van der Waals surface area (Å²) in [6, 6.07) is 4.29. The van der Waals surface area contributed by atoms with Gasteiger partial charge in [0.15, 0.2) is 0 Å². The molecule has 0 spiro atoms. The molecule has 0 amide bonds. The highest BCUT2D eigenvalue weighted by atomic mass is 35.5. The van der Waals surface area contributed by atoms with Gasteiger partial charge in [-0.25, -0.2) is 0 Å². The maximum absolute atomic E-state index is 6.23. The molecular formula is C13H19Cl2N3. The second-order valence-electron chi connectivity index (χ2n) is 4.85. The zero-order chi connectivity index (χ0) is 13.1. The summed E-state index contributed by atoms with van der Waals surface area (Å²) >= 11 is 12.3. The molecule has 0 saturated carbocycles. The molecule has 0 fully saturated rings. The Kier molecular flexibility index (Phi) is 4.73. The first kappa shape index (κ1) is 13.9. The first-order chi connectivity index (χ1) is 8.59. The van der Waals surface area contributed by atoms with Gasteiger partial charge in [0.05, 0.1) is 15.7 Å². The maximum Gasteiger partial charge on any atom is 0.0827 e. The van der Waals surface area contributed by atoms with Gasteiger partial charge in [-0.05, 0) is 32.1 Å². The van der Waals surface area contributed by atoms with Crippen molar-refractivity contribution >= 4 is 28.9 Å². The van der Waals surface area contributed by atoms with Gasteiger partial charge in [0, 0.05) is 25.7 Å². The van der Waals surface area contributed by atoms with Crippen LogP contribution in [0.2, 0.25) is 10.0 Å². The number of halogens is 2. The highest BCUT2D eigenvalue weighted by Crippen LogP contribution is 2.39. The van der Waals surface area contributed by atoms with Crippen LogP contribution in [-0.2, 0) is 0 Å². The number of hydrogen-bond donors (Lipinski definition) is 2. The van der Waals surface area contributed by atoms with Gasteiger partial charge in [0.1, 0.15) is 0 Å². The first-order valence-electron chi connectivity index (χ1n) is 6.19. The topological polar surface area (TPSA) is 27.3 Å². The third-order valence-electron chi connectivity index (χ3n) is 3.19. The van der Waals surface area contributed by atoms with Gasteiger partial charge >= 0.3 is 0 Å². The molecule has 1 aromatic rings. The van der Waals surface area contributed by atoms with Gasteiger partial charge in [-0.15, -0.1) is 0 Å². The minimum atomic E-state index is 0.357. The van der Waals surface area contributed by atoms with E-state index >= 15 is 0 Å². The smallest absolute Gasteiger partial charge is 0.0827 e. The van der Waals surface area contributed by atoms with Crippen molar-refractivity contribution in [2.24, 2.45) is 0 Å². The van der Waals surface area contributed by atoms with E-state index in [-0.39, 0.29) is 0 Å². The molecule has 1 atom stereocenters. The quantitative estimate of drug-likeness (QED) is 0.892. The van der Waals surface area contributed by atoms with Crippen LogP contribution in [0.1, 0.15) is 18.0 Å². The second-order valence-corrected chi connectivity index (χ2v) is 5.64. The molecule has 0 bridgehead atoms. The van der Waals surface area contributed by atoms with Crippen molar-refractivity contribution in [2.45, 2.75) is 12.5 Å². The molecule has 2 N–H and O–H groups in total. The molecule has 2 rings (SSSR count). The van der Waals surface area contributed by atoms with Crippen LogP contribution in [0, 0.1) is 0 Å². The molecule has 5 heteroatoms. The van der Waals surface area contributed by atoms with Crippen molar-refractivity contribution in [3.63, 3.8) is 0 Å². The highest BCUT2D eigenvalue weighted by Gasteiger charge is 2.22. The lowest BCUT2D eigenvalue weighted by Gasteiger charge is -2.29. The van der Waals surface area contributed by atoms with E-state index in [0.717, 1.165) is 31.7 Å². The van der Waals surface area contributed by atoms with Crippen LogP contribution in [0.4, 0.5) is 5.69 Å². The molecule has 3 nitrogen and oxygen atoms in total. The van der Waals surface area contributed by atoms with E-state index in [0.29, 0.717) is 16.1 Å². The average molecular weight is 288 g/mol. The Hall–Kier alpha value is -0.480. The van der Waals surface area contributed by atoms with Crippen molar-refractivity contribution in [3.8, 4) is 0 Å². The normalized spacial score (nSPS) is 18.6. The molecular weight excluding hydrogens is 269 g/mol. The van der Waals surface area contributed by atoms with Crippen molar-refractivity contribution in [1.82, 2.24) is 10.2 Å². The summed E-state index contributed by atoms with van der Waals surface area (Å²) < 4.78 is 0. The fraction of sp³-hybridized carbons (Fsp3) is 0.538. The number of nitrogens with one attached hydrogen (secondary N) is 2. The molecule has 1 aromatic carbocycles. The number of nitrogens with zero attached hydrogens (tertiary/aromatic N) is 1. The van der Waals surface area contributed by atoms with Crippen LogP contribution in [0.25, 0.3) is 0 Å². The van der Waals surface area contributed by atoms with Gasteiger partial charge in [-0.3, -0.25) is 0 Å². The number of rotatable bonds is 4. The first-order valence-corrected chi connectivity index (χ1v) is 6.95. The van der Waals surface area contributed by atoms with Crippen molar-refractivity contribution in [1.29, 1.82) is 0 Å². The lowest BCUT2D eigenvalue weighted by Crippen LogP contribution is -2.33. The molecule has 100 valence electrons. The van der Waals surface area contributed by atoms with E-state index in [2.05, 4.69) is 35.7 Å². The summed E-state index contributed by atoms with van der Waals surface area (Å²) in [5.41, 5.74) is 2.20. The largest absolute Gasteiger partial charge is 0.383 e. The van der Waals surface area contributed by atoms with E-state index in [9.17, 15) is 0 Å². The minimum absolute atomic E-state index is 0.357. The summed E-state index contributed by atoms with van der Waals surface area (Å²) in [6.45, 7) is 2.92. The number of likely N-dealkylation sites (N-methyl/N-ethyl adjacent to an activating group) is 1. The highest BCUT2D eigenvalue weighted by molar-refractivity contribution is 6.43. The molecule has 0 saturated heterocycles. The monoisotopic (exact) mass is 287 g/mol. The van der Waals surface area contributed by atoms with Gasteiger partial charge in [-0.2, -0.15) is 0 Å². The van der Waals surface area contributed by atoms with E-state index in [4.69, 9.17) is 23.2 Å². The molecule has 0 aliphatic carbocycles. The summed E-state index contributed by atoms with van der Waals surface area (Å²) in [6.07, 6.45) is 1.07. The van der Waals surface area contributed by atoms with E-state index < -0.39 is 0 Å².